The highest BCUT2D eigenvalue weighted by Crippen LogP contribution is 2.57. The number of hydrogen-bond acceptors (Lipinski definition) is 2. The Labute approximate surface area is 348 Å². The molecule has 2 N–H and O–H groups in total. The molecule has 56 heavy (non-hydrogen) atoms. The van der Waals surface area contributed by atoms with Gasteiger partial charge in [0.05, 0.1) is 0 Å². The van der Waals surface area contributed by atoms with Crippen molar-refractivity contribution in [3.8, 4) is 0 Å². The molecule has 0 saturated heterocycles. The van der Waals surface area contributed by atoms with Crippen molar-refractivity contribution in [1.29, 1.82) is 0 Å². The third-order valence-corrected chi connectivity index (χ3v) is 16.6. The number of rotatable bonds is 30. The van der Waals surface area contributed by atoms with Crippen molar-refractivity contribution in [2.75, 3.05) is 0 Å². The van der Waals surface area contributed by atoms with Gasteiger partial charge in [-0.05, 0) is 112 Å². The van der Waals surface area contributed by atoms with Gasteiger partial charge in [-0.25, -0.2) is 0 Å². The summed E-state index contributed by atoms with van der Waals surface area (Å²) in [5, 5.41) is 6.97. The minimum Gasteiger partial charge on any atom is -0.353 e. The fourth-order valence-corrected chi connectivity index (χ4v) is 12.5. The molecule has 6 atom stereocenters. The fourth-order valence-electron chi connectivity index (χ4n) is 12.5. The second-order valence-electron chi connectivity index (χ2n) is 21.0. The largest absolute Gasteiger partial charge is 0.353 e. The molecule has 5 aliphatic rings. The SMILES string of the molecule is CCCCCCCCC1CC(CCCCCCC(=O)N[C@H]2CCCCC23CC3)C(CCCCCCC(=O)N[C@@H]2CCCCC23CC3)CC1CCCCCCCC. The van der Waals surface area contributed by atoms with Crippen molar-refractivity contribution < 1.29 is 9.59 Å². The van der Waals surface area contributed by atoms with E-state index in [0.29, 0.717) is 34.7 Å². The zero-order valence-corrected chi connectivity index (χ0v) is 37.6. The zero-order valence-electron chi connectivity index (χ0n) is 37.6. The van der Waals surface area contributed by atoms with Crippen molar-refractivity contribution in [3.05, 3.63) is 0 Å². The smallest absolute Gasteiger partial charge is 0.220 e. The number of hydrogen-bond donors (Lipinski definition) is 2. The lowest BCUT2D eigenvalue weighted by Crippen LogP contribution is -2.43. The van der Waals surface area contributed by atoms with Crippen LogP contribution in [0.25, 0.3) is 0 Å². The van der Waals surface area contributed by atoms with E-state index < -0.39 is 0 Å². The van der Waals surface area contributed by atoms with Gasteiger partial charge in [-0.1, -0.05) is 181 Å². The third kappa shape index (κ3) is 15.8. The molecule has 0 aromatic rings. The highest BCUT2D eigenvalue weighted by atomic mass is 16.2. The van der Waals surface area contributed by atoms with Crippen LogP contribution in [0.5, 0.6) is 0 Å². The quantitative estimate of drug-likeness (QED) is 0.0714. The first kappa shape index (κ1) is 46.0. The van der Waals surface area contributed by atoms with E-state index in [-0.39, 0.29) is 0 Å². The van der Waals surface area contributed by atoms with E-state index in [2.05, 4.69) is 24.5 Å². The Balaban J connectivity index is 1.05. The fraction of sp³-hybridized carbons (Fsp3) is 0.962. The van der Waals surface area contributed by atoms with Crippen molar-refractivity contribution in [2.45, 2.75) is 283 Å². The Hall–Kier alpha value is -1.06. The van der Waals surface area contributed by atoms with Gasteiger partial charge >= 0.3 is 0 Å². The summed E-state index contributed by atoms with van der Waals surface area (Å²) in [6.45, 7) is 4.67. The Kier molecular flexibility index (Phi) is 21.0. The minimum absolute atomic E-state index is 0.334. The number of nitrogens with one attached hydrogen (secondary N) is 2. The molecule has 5 rings (SSSR count). The van der Waals surface area contributed by atoms with Gasteiger partial charge in [0.25, 0.3) is 0 Å². The lowest BCUT2D eigenvalue weighted by molar-refractivity contribution is -0.123. The Morgan fingerprint density at radius 2 is 0.732 bits per heavy atom. The summed E-state index contributed by atoms with van der Waals surface area (Å²) in [6.07, 6.45) is 53.1. The Morgan fingerprint density at radius 1 is 0.411 bits per heavy atom. The lowest BCUT2D eigenvalue weighted by Gasteiger charge is -2.42. The van der Waals surface area contributed by atoms with Crippen LogP contribution in [0.2, 0.25) is 0 Å². The molecule has 2 amide bonds. The number of amides is 2. The Bertz CT molecular complexity index is 995. The summed E-state index contributed by atoms with van der Waals surface area (Å²) in [6, 6.07) is 0.948. The van der Waals surface area contributed by atoms with Gasteiger partial charge in [0.15, 0.2) is 0 Å². The third-order valence-electron chi connectivity index (χ3n) is 16.6. The number of unbranched alkanes of at least 4 members (excludes halogenated alkanes) is 16. The zero-order chi connectivity index (χ0) is 39.3. The highest BCUT2D eigenvalue weighted by Gasteiger charge is 2.51. The van der Waals surface area contributed by atoms with Crippen LogP contribution in [0.3, 0.4) is 0 Å². The number of carbonyl (C=O) groups is 2. The predicted octanol–water partition coefficient (Wildman–Crippen LogP) is 15.1. The van der Waals surface area contributed by atoms with E-state index in [9.17, 15) is 9.59 Å². The summed E-state index contributed by atoms with van der Waals surface area (Å²) < 4.78 is 0. The molecule has 4 nitrogen and oxygen atoms in total. The molecule has 0 aromatic heterocycles. The van der Waals surface area contributed by atoms with E-state index >= 15 is 0 Å². The van der Waals surface area contributed by atoms with Crippen LogP contribution in [-0.2, 0) is 9.59 Å². The lowest BCUT2D eigenvalue weighted by atomic mass is 9.63. The topological polar surface area (TPSA) is 58.2 Å². The summed E-state index contributed by atoms with van der Waals surface area (Å²) in [4.78, 5) is 25.8. The predicted molar refractivity (Wildman–Crippen MR) is 239 cm³/mol. The first-order valence-corrected chi connectivity index (χ1v) is 26.1. The molecular formula is C52H94N2O2. The van der Waals surface area contributed by atoms with Gasteiger partial charge in [0, 0.05) is 24.9 Å². The molecule has 5 aliphatic carbocycles. The molecular weight excluding hydrogens is 685 g/mol. The first-order valence-electron chi connectivity index (χ1n) is 26.1. The van der Waals surface area contributed by atoms with E-state index in [1.807, 2.05) is 0 Å². The summed E-state index contributed by atoms with van der Waals surface area (Å²) in [7, 11) is 0. The molecule has 0 radical (unpaired) electrons. The summed E-state index contributed by atoms with van der Waals surface area (Å²) >= 11 is 0. The molecule has 2 spiro atoms. The van der Waals surface area contributed by atoms with E-state index in [1.54, 1.807) is 0 Å². The van der Waals surface area contributed by atoms with Crippen LogP contribution in [-0.4, -0.2) is 23.9 Å². The van der Waals surface area contributed by atoms with Crippen molar-refractivity contribution in [3.63, 3.8) is 0 Å². The van der Waals surface area contributed by atoms with E-state index in [4.69, 9.17) is 0 Å². The second kappa shape index (κ2) is 25.5. The van der Waals surface area contributed by atoms with Crippen molar-refractivity contribution in [1.82, 2.24) is 10.6 Å². The molecule has 4 unspecified atom stereocenters. The van der Waals surface area contributed by atoms with Gasteiger partial charge in [0.1, 0.15) is 0 Å². The maximum atomic E-state index is 12.9. The summed E-state index contributed by atoms with van der Waals surface area (Å²) in [5.41, 5.74) is 0.991. The molecule has 0 aliphatic heterocycles. The normalized spacial score (nSPS) is 27.7. The molecule has 0 bridgehead atoms. The molecule has 0 heterocycles. The van der Waals surface area contributed by atoms with Crippen molar-refractivity contribution >= 4 is 11.8 Å². The van der Waals surface area contributed by atoms with E-state index in [0.717, 1.165) is 49.4 Å². The van der Waals surface area contributed by atoms with Gasteiger partial charge in [0.2, 0.25) is 11.8 Å². The highest BCUT2D eigenvalue weighted by molar-refractivity contribution is 5.76. The monoisotopic (exact) mass is 779 g/mol. The van der Waals surface area contributed by atoms with Crippen LogP contribution in [0.4, 0.5) is 0 Å². The standard InChI is InChI=1S/C52H94N2O2/c1-3-5-7-9-11-17-27-43-41-45(29-19-13-15-21-33-49(55)53-47-31-23-25-35-51(47)37-38-51)46(42-44(43)28-18-12-10-8-6-4-2)30-20-14-16-22-34-50(56)54-48-32-24-26-36-52(48)39-40-52/h43-48H,3-42H2,1-2H3,(H,53,55)(H,54,56)/t43?,44?,45?,46?,47-,48+. The number of carbonyl (C=O) groups excluding carboxylic acids is 2. The Morgan fingerprint density at radius 3 is 1.07 bits per heavy atom. The molecule has 5 fully saturated rings. The average Bonchev–Trinajstić information content (AvgIpc) is 4.15. The van der Waals surface area contributed by atoms with Crippen LogP contribution >= 0.6 is 0 Å². The summed E-state index contributed by atoms with van der Waals surface area (Å²) in [5.74, 6) is 4.38. The molecule has 324 valence electrons. The van der Waals surface area contributed by atoms with Gasteiger partial charge in [-0.15, -0.1) is 0 Å². The molecule has 4 heteroatoms. The van der Waals surface area contributed by atoms with Gasteiger partial charge < -0.3 is 10.6 Å². The van der Waals surface area contributed by atoms with Gasteiger partial charge in [-0.2, -0.15) is 0 Å². The van der Waals surface area contributed by atoms with E-state index in [1.165, 1.54) is 231 Å². The van der Waals surface area contributed by atoms with Crippen LogP contribution < -0.4 is 10.6 Å². The van der Waals surface area contributed by atoms with Crippen LogP contribution in [0, 0.1) is 34.5 Å². The van der Waals surface area contributed by atoms with Gasteiger partial charge in [-0.3, -0.25) is 9.59 Å². The van der Waals surface area contributed by atoms with Crippen LogP contribution in [0.1, 0.15) is 271 Å². The molecule has 0 aromatic carbocycles. The van der Waals surface area contributed by atoms with Crippen molar-refractivity contribution in [2.24, 2.45) is 34.5 Å². The van der Waals surface area contributed by atoms with Crippen LogP contribution in [0.15, 0.2) is 0 Å². The molecule has 5 saturated carbocycles. The maximum absolute atomic E-state index is 12.9. The first-order chi connectivity index (χ1) is 27.5. The average molecular weight is 779 g/mol. The minimum atomic E-state index is 0.334. The second-order valence-corrected chi connectivity index (χ2v) is 21.0. The maximum Gasteiger partial charge on any atom is 0.220 e.